The maximum Gasteiger partial charge on any atom is 0.0975 e. The summed E-state index contributed by atoms with van der Waals surface area (Å²) in [7, 11) is 0. The number of hydrogen-bond donors (Lipinski definition) is 2. The molecule has 2 heterocycles. The molecule has 5 heteroatoms. The minimum Gasteiger partial charge on any atom is -0.387 e. The maximum atomic E-state index is 7.38. The number of pyridine rings is 1. The van der Waals surface area contributed by atoms with Crippen molar-refractivity contribution in [3.05, 3.63) is 36.3 Å². The molecule has 0 saturated heterocycles. The molecule has 0 fully saturated rings. The van der Waals surface area contributed by atoms with E-state index in [9.17, 15) is 0 Å². The molecule has 0 spiro atoms. The highest BCUT2D eigenvalue weighted by atomic mass is 15.3. The molecule has 0 aliphatic carbocycles. The molecular weight excluding hydrogens is 214 g/mol. The van der Waals surface area contributed by atoms with Crippen LogP contribution in [0.4, 0.5) is 0 Å². The van der Waals surface area contributed by atoms with Crippen LogP contribution < -0.4 is 5.73 Å². The average Bonchev–Trinajstić information content (AvgIpc) is 2.72. The van der Waals surface area contributed by atoms with E-state index in [2.05, 4.69) is 10.1 Å². The van der Waals surface area contributed by atoms with Gasteiger partial charge in [-0.25, -0.2) is 0 Å². The second kappa shape index (κ2) is 4.78. The quantitative estimate of drug-likeness (QED) is 0.615. The standard InChI is InChI=1S/C12H15N5/c1-2-17-8-10(6-11(13)14)12(16-17)9-4-3-5-15-7-9/h3-5,7-8H,2,6H2,1H3,(H3,13,14). The van der Waals surface area contributed by atoms with Crippen molar-refractivity contribution in [3.63, 3.8) is 0 Å². The highest BCUT2D eigenvalue weighted by molar-refractivity contribution is 5.81. The zero-order valence-electron chi connectivity index (χ0n) is 9.72. The van der Waals surface area contributed by atoms with Crippen LogP contribution in [0.2, 0.25) is 0 Å². The summed E-state index contributed by atoms with van der Waals surface area (Å²) in [5, 5.41) is 11.9. The van der Waals surface area contributed by atoms with Crippen molar-refractivity contribution in [1.82, 2.24) is 14.8 Å². The van der Waals surface area contributed by atoms with Crippen LogP contribution in [0.25, 0.3) is 11.3 Å². The molecule has 3 N–H and O–H groups in total. The van der Waals surface area contributed by atoms with Crippen LogP contribution in [-0.2, 0) is 13.0 Å². The minimum absolute atomic E-state index is 0.144. The van der Waals surface area contributed by atoms with Crippen molar-refractivity contribution in [2.24, 2.45) is 5.73 Å². The van der Waals surface area contributed by atoms with E-state index in [1.807, 2.05) is 29.9 Å². The van der Waals surface area contributed by atoms with Crippen molar-refractivity contribution in [2.75, 3.05) is 0 Å². The number of amidine groups is 1. The molecule has 0 radical (unpaired) electrons. The molecule has 0 aliphatic rings. The summed E-state index contributed by atoms with van der Waals surface area (Å²) in [6.07, 6.45) is 5.85. The smallest absolute Gasteiger partial charge is 0.0975 e. The largest absolute Gasteiger partial charge is 0.387 e. The topological polar surface area (TPSA) is 80.6 Å². The van der Waals surface area contributed by atoms with Crippen LogP contribution in [0.3, 0.4) is 0 Å². The van der Waals surface area contributed by atoms with Crippen molar-refractivity contribution in [2.45, 2.75) is 19.9 Å². The van der Waals surface area contributed by atoms with Crippen LogP contribution in [0, 0.1) is 5.41 Å². The van der Waals surface area contributed by atoms with Gasteiger partial charge in [0.25, 0.3) is 0 Å². The SMILES string of the molecule is CCn1cc(CC(=N)N)c(-c2cccnc2)n1. The Morgan fingerprint density at radius 2 is 2.35 bits per heavy atom. The zero-order valence-corrected chi connectivity index (χ0v) is 9.72. The molecule has 0 amide bonds. The van der Waals surface area contributed by atoms with Gasteiger partial charge in [0, 0.05) is 42.7 Å². The summed E-state index contributed by atoms with van der Waals surface area (Å²) >= 11 is 0. The van der Waals surface area contributed by atoms with E-state index in [0.717, 1.165) is 23.4 Å². The van der Waals surface area contributed by atoms with Gasteiger partial charge in [-0.2, -0.15) is 5.10 Å². The Hall–Kier alpha value is -2.17. The van der Waals surface area contributed by atoms with Gasteiger partial charge in [0.2, 0.25) is 0 Å². The van der Waals surface area contributed by atoms with Gasteiger partial charge in [0.1, 0.15) is 0 Å². The van der Waals surface area contributed by atoms with Crippen LogP contribution in [0.1, 0.15) is 12.5 Å². The van der Waals surface area contributed by atoms with E-state index in [0.29, 0.717) is 6.42 Å². The predicted octanol–water partition coefficient (Wildman–Crippen LogP) is 1.44. The second-order valence-corrected chi connectivity index (χ2v) is 3.80. The van der Waals surface area contributed by atoms with Crippen molar-refractivity contribution >= 4 is 5.84 Å². The minimum atomic E-state index is 0.144. The number of hydrogen-bond acceptors (Lipinski definition) is 3. The van der Waals surface area contributed by atoms with Gasteiger partial charge in [-0.1, -0.05) is 0 Å². The molecule has 0 aromatic carbocycles. The lowest BCUT2D eigenvalue weighted by Crippen LogP contribution is -2.12. The molecule has 0 atom stereocenters. The average molecular weight is 229 g/mol. The number of aryl methyl sites for hydroxylation is 1. The van der Waals surface area contributed by atoms with Crippen molar-refractivity contribution in [3.8, 4) is 11.3 Å². The van der Waals surface area contributed by atoms with E-state index in [1.54, 1.807) is 12.4 Å². The number of nitrogens with one attached hydrogen (secondary N) is 1. The van der Waals surface area contributed by atoms with Crippen molar-refractivity contribution in [1.29, 1.82) is 5.41 Å². The molecule has 2 aromatic heterocycles. The summed E-state index contributed by atoms with van der Waals surface area (Å²) in [5.74, 6) is 0.144. The lowest BCUT2D eigenvalue weighted by atomic mass is 10.1. The molecule has 88 valence electrons. The summed E-state index contributed by atoms with van der Waals surface area (Å²) in [4.78, 5) is 4.08. The Morgan fingerprint density at radius 3 is 2.94 bits per heavy atom. The molecule has 5 nitrogen and oxygen atoms in total. The van der Waals surface area contributed by atoms with E-state index in [4.69, 9.17) is 11.1 Å². The Kier molecular flexibility index (Phi) is 3.18. The van der Waals surface area contributed by atoms with Crippen LogP contribution in [0.15, 0.2) is 30.7 Å². The monoisotopic (exact) mass is 229 g/mol. The third-order valence-corrected chi connectivity index (χ3v) is 2.48. The Labute approximate surface area is 99.8 Å². The zero-order chi connectivity index (χ0) is 12.3. The maximum absolute atomic E-state index is 7.38. The van der Waals surface area contributed by atoms with Gasteiger partial charge >= 0.3 is 0 Å². The first kappa shape index (κ1) is 11.3. The van der Waals surface area contributed by atoms with E-state index >= 15 is 0 Å². The fraction of sp³-hybridized carbons (Fsp3) is 0.250. The molecule has 0 unspecified atom stereocenters. The van der Waals surface area contributed by atoms with Gasteiger partial charge < -0.3 is 5.73 Å². The number of rotatable bonds is 4. The first-order valence-electron chi connectivity index (χ1n) is 5.50. The van der Waals surface area contributed by atoms with Crippen LogP contribution in [-0.4, -0.2) is 20.6 Å². The van der Waals surface area contributed by atoms with Gasteiger partial charge in [0.15, 0.2) is 0 Å². The lowest BCUT2D eigenvalue weighted by molar-refractivity contribution is 0.661. The highest BCUT2D eigenvalue weighted by Gasteiger charge is 2.11. The number of nitrogens with zero attached hydrogens (tertiary/aromatic N) is 3. The number of nitrogens with two attached hydrogens (primary N) is 1. The first-order chi connectivity index (χ1) is 8.20. The third-order valence-electron chi connectivity index (χ3n) is 2.48. The first-order valence-corrected chi connectivity index (χ1v) is 5.50. The van der Waals surface area contributed by atoms with Gasteiger partial charge in [-0.15, -0.1) is 0 Å². The molecule has 0 saturated carbocycles. The summed E-state index contributed by atoms with van der Waals surface area (Å²) in [6.45, 7) is 2.82. The van der Waals surface area contributed by atoms with Gasteiger partial charge in [0.05, 0.1) is 11.5 Å². The molecular formula is C12H15N5. The second-order valence-electron chi connectivity index (χ2n) is 3.80. The molecule has 2 aromatic rings. The van der Waals surface area contributed by atoms with E-state index in [-0.39, 0.29) is 5.84 Å². The van der Waals surface area contributed by atoms with E-state index < -0.39 is 0 Å². The summed E-state index contributed by atoms with van der Waals surface area (Å²) in [6, 6.07) is 3.83. The van der Waals surface area contributed by atoms with E-state index in [1.165, 1.54) is 0 Å². The fourth-order valence-corrected chi connectivity index (χ4v) is 1.71. The molecule has 2 rings (SSSR count). The Morgan fingerprint density at radius 1 is 1.53 bits per heavy atom. The molecule has 0 bridgehead atoms. The van der Waals surface area contributed by atoms with Crippen LogP contribution in [0.5, 0.6) is 0 Å². The van der Waals surface area contributed by atoms with Crippen molar-refractivity contribution < 1.29 is 0 Å². The highest BCUT2D eigenvalue weighted by Crippen LogP contribution is 2.21. The normalized spacial score (nSPS) is 10.4. The fourth-order valence-electron chi connectivity index (χ4n) is 1.71. The molecule has 17 heavy (non-hydrogen) atoms. The Balaban J connectivity index is 2.44. The lowest BCUT2D eigenvalue weighted by Gasteiger charge is -2.00. The van der Waals surface area contributed by atoms with Crippen LogP contribution >= 0.6 is 0 Å². The van der Waals surface area contributed by atoms with Gasteiger partial charge in [-0.05, 0) is 19.1 Å². The van der Waals surface area contributed by atoms with Gasteiger partial charge in [-0.3, -0.25) is 15.1 Å². The summed E-state index contributed by atoms with van der Waals surface area (Å²) in [5.41, 5.74) is 8.23. The predicted molar refractivity (Wildman–Crippen MR) is 66.8 cm³/mol. The molecule has 0 aliphatic heterocycles. The third kappa shape index (κ3) is 2.50. The number of aromatic nitrogens is 3. The Bertz CT molecular complexity index is 515. The summed E-state index contributed by atoms with van der Waals surface area (Å²) < 4.78 is 1.85.